The van der Waals surface area contributed by atoms with Crippen LogP contribution in [0.4, 0.5) is 0 Å². The zero-order chi connectivity index (χ0) is 18.7. The zero-order valence-electron chi connectivity index (χ0n) is 15.7. The summed E-state index contributed by atoms with van der Waals surface area (Å²) in [6.07, 6.45) is 14.3. The molecule has 4 rings (SSSR count). The van der Waals surface area contributed by atoms with E-state index >= 15 is 0 Å². The summed E-state index contributed by atoms with van der Waals surface area (Å²) in [4.78, 5) is 22.9. The third-order valence-corrected chi connectivity index (χ3v) is 7.97. The van der Waals surface area contributed by atoms with E-state index in [1.807, 2.05) is 0 Å². The second-order valence-corrected chi connectivity index (χ2v) is 9.16. The molecule has 4 heteroatoms. The fourth-order valence-electron chi connectivity index (χ4n) is 6.52. The number of rotatable bonds is 3. The van der Waals surface area contributed by atoms with Crippen molar-refractivity contribution in [2.24, 2.45) is 34.5 Å². The van der Waals surface area contributed by atoms with Crippen molar-refractivity contribution in [2.75, 3.05) is 0 Å². The summed E-state index contributed by atoms with van der Waals surface area (Å²) >= 11 is 0. The quantitative estimate of drug-likeness (QED) is 0.582. The first-order valence-corrected chi connectivity index (χ1v) is 9.79. The van der Waals surface area contributed by atoms with E-state index < -0.39 is 5.97 Å². The minimum atomic E-state index is -0.713. The van der Waals surface area contributed by atoms with Crippen LogP contribution in [0.25, 0.3) is 0 Å². The summed E-state index contributed by atoms with van der Waals surface area (Å²) in [5.74, 6) is 1.19. The second kappa shape index (κ2) is 7.53. The molecule has 0 saturated heterocycles. The molecule has 0 amide bonds. The number of carbonyl (C=O) groups is 2. The van der Waals surface area contributed by atoms with Gasteiger partial charge in [0.25, 0.3) is 0 Å². The summed E-state index contributed by atoms with van der Waals surface area (Å²) in [5, 5.41) is 9.13. The molecule has 0 radical (unpaired) electrons. The average molecular weight is 393 g/mol. The topological polar surface area (TPSA) is 54.4 Å². The van der Waals surface area contributed by atoms with Crippen molar-refractivity contribution in [3.05, 3.63) is 48.1 Å². The third kappa shape index (κ3) is 3.36. The summed E-state index contributed by atoms with van der Waals surface area (Å²) in [6.45, 7) is 8.98. The predicted octanol–water partition coefficient (Wildman–Crippen LogP) is 4.07. The van der Waals surface area contributed by atoms with Crippen molar-refractivity contribution in [3.8, 4) is 0 Å². The van der Waals surface area contributed by atoms with Gasteiger partial charge in [0.15, 0.2) is 5.78 Å². The molecule has 27 heavy (non-hydrogen) atoms. The van der Waals surface area contributed by atoms with Crippen LogP contribution in [0, 0.1) is 34.5 Å². The molecule has 0 unspecified atom stereocenters. The Balaban J connectivity index is 0.00000210. The molecule has 1 N–H and O–H groups in total. The average Bonchev–Trinajstić information content (AvgIpc) is 2.83. The van der Waals surface area contributed by atoms with E-state index in [9.17, 15) is 9.59 Å². The number of ketones is 1. The molecule has 0 aliphatic heterocycles. The van der Waals surface area contributed by atoms with Gasteiger partial charge in [-0.1, -0.05) is 44.2 Å². The fraction of sp³-hybridized carbons (Fsp3) is 0.565. The van der Waals surface area contributed by atoms with Crippen molar-refractivity contribution < 1.29 is 14.7 Å². The number of carbonyl (C=O) groups excluding carboxylic acids is 1. The Morgan fingerprint density at radius 1 is 1.30 bits per heavy atom. The van der Waals surface area contributed by atoms with E-state index in [0.717, 1.165) is 24.8 Å². The van der Waals surface area contributed by atoms with Gasteiger partial charge in [-0.25, -0.2) is 0 Å². The number of carboxylic acid groups (broad SMARTS) is 1. The van der Waals surface area contributed by atoms with Crippen LogP contribution in [0.1, 0.15) is 46.0 Å². The number of fused-ring (bicyclic) bond motifs is 5. The molecule has 0 aromatic rings. The first-order valence-electron chi connectivity index (χ1n) is 9.79. The number of aliphatic carboxylic acids is 1. The Kier molecular flexibility index (Phi) is 5.98. The van der Waals surface area contributed by atoms with Crippen molar-refractivity contribution >= 4 is 63.1 Å². The van der Waals surface area contributed by atoms with Gasteiger partial charge < -0.3 is 5.11 Å². The Labute approximate surface area is 204 Å². The Bertz CT molecular complexity index is 776. The fourth-order valence-corrected chi connectivity index (χ4v) is 6.52. The molecule has 4 aliphatic rings. The van der Waals surface area contributed by atoms with Crippen LogP contribution in [0.5, 0.6) is 0 Å². The van der Waals surface area contributed by atoms with Gasteiger partial charge in [-0.2, -0.15) is 0 Å². The number of hydrogen-bond acceptors (Lipinski definition) is 2. The van der Waals surface area contributed by atoms with Crippen LogP contribution in [-0.2, 0) is 9.59 Å². The minimum absolute atomic E-state index is 0. The molecule has 140 valence electrons. The van der Waals surface area contributed by atoms with Gasteiger partial charge in [0.2, 0.25) is 0 Å². The number of hydrogen-bond donors (Lipinski definition) is 1. The second-order valence-electron chi connectivity index (χ2n) is 9.16. The van der Waals surface area contributed by atoms with Crippen molar-refractivity contribution in [1.82, 2.24) is 0 Å². The molecule has 4 aliphatic carbocycles. The molecule has 0 bridgehead atoms. The molecule has 0 heterocycles. The summed E-state index contributed by atoms with van der Waals surface area (Å²) < 4.78 is 0. The van der Waals surface area contributed by atoms with Gasteiger partial charge >= 0.3 is 57.4 Å². The van der Waals surface area contributed by atoms with Crippen LogP contribution in [0.2, 0.25) is 0 Å². The van der Waals surface area contributed by atoms with Crippen molar-refractivity contribution in [3.63, 3.8) is 0 Å². The Hall–Kier alpha value is -0.264. The first-order chi connectivity index (χ1) is 12.3. The van der Waals surface area contributed by atoms with Gasteiger partial charge in [-0.3, -0.25) is 9.59 Å². The van der Waals surface area contributed by atoms with Gasteiger partial charge in [0, 0.05) is 11.8 Å². The van der Waals surface area contributed by atoms with E-state index in [1.54, 1.807) is 12.2 Å². The van der Waals surface area contributed by atoms with Crippen LogP contribution in [0.3, 0.4) is 0 Å². The number of carboxylic acids is 1. The maximum absolute atomic E-state index is 11.8. The van der Waals surface area contributed by atoms with E-state index in [4.69, 9.17) is 5.11 Å². The van der Waals surface area contributed by atoms with Gasteiger partial charge in [0.05, 0.1) is 0 Å². The van der Waals surface area contributed by atoms with Gasteiger partial charge in [-0.05, 0) is 72.5 Å². The summed E-state index contributed by atoms with van der Waals surface area (Å²) in [5.41, 5.74) is 2.47. The molecule has 0 aromatic carbocycles. The summed E-state index contributed by atoms with van der Waals surface area (Å²) in [7, 11) is 0. The third-order valence-electron chi connectivity index (χ3n) is 7.97. The molecular formula is C23H29KO3. The van der Waals surface area contributed by atoms with Crippen LogP contribution in [-0.4, -0.2) is 68.2 Å². The summed E-state index contributed by atoms with van der Waals surface area (Å²) in [6, 6.07) is 0. The molecule has 0 aromatic heterocycles. The van der Waals surface area contributed by atoms with Gasteiger partial charge in [0.1, 0.15) is 0 Å². The standard InChI is InChI=1S/C23H28O3.K.H/c1-14-12-20-17-5-4-15-13-16(24)8-10-22(15,2)19(17)9-11-23(20,3)18(14)6-7-21(25)26;;/h4-5,8,10,13,17-20H,1,6-7,9,11-12H2,2-3H3,(H,25,26);;/t17-,18+,19+,20+,22+,23-;;/m1../s1. The van der Waals surface area contributed by atoms with E-state index in [-0.39, 0.29) is 74.4 Å². The predicted molar refractivity (Wildman–Crippen MR) is 109 cm³/mol. The first kappa shape index (κ1) is 21.4. The molecule has 2 fully saturated rings. The molecular weight excluding hydrogens is 363 g/mol. The Morgan fingerprint density at radius 3 is 2.74 bits per heavy atom. The van der Waals surface area contributed by atoms with Crippen LogP contribution in [0.15, 0.2) is 48.1 Å². The van der Waals surface area contributed by atoms with E-state index in [0.29, 0.717) is 30.1 Å². The normalized spacial score (nSPS) is 41.9. The van der Waals surface area contributed by atoms with Crippen molar-refractivity contribution in [1.29, 1.82) is 0 Å². The molecule has 0 spiro atoms. The SMILES string of the molecule is C=C1C[C@H]2[C@@H]3C=CC4=CC(=O)C=C[C@]4(C)[C@H]3CC[C@]2(C)[C@H]1CCC(=O)O.[KH]. The maximum atomic E-state index is 11.8. The van der Waals surface area contributed by atoms with Crippen LogP contribution >= 0.6 is 0 Å². The van der Waals surface area contributed by atoms with E-state index in [2.05, 4.69) is 38.7 Å². The van der Waals surface area contributed by atoms with Crippen LogP contribution < -0.4 is 0 Å². The molecule has 6 atom stereocenters. The van der Waals surface area contributed by atoms with Crippen molar-refractivity contribution in [2.45, 2.75) is 46.0 Å². The number of allylic oxidation sites excluding steroid dienone is 7. The monoisotopic (exact) mass is 392 g/mol. The van der Waals surface area contributed by atoms with Gasteiger partial charge in [-0.15, -0.1) is 0 Å². The Morgan fingerprint density at radius 2 is 2.04 bits per heavy atom. The van der Waals surface area contributed by atoms with E-state index in [1.165, 1.54) is 5.57 Å². The molecule has 2 saturated carbocycles. The zero-order valence-corrected chi connectivity index (χ0v) is 15.7. The molecule has 3 nitrogen and oxygen atoms in total.